The molecule has 1 atom stereocenters. The fourth-order valence-electron chi connectivity index (χ4n) is 1.53. The van der Waals surface area contributed by atoms with Gasteiger partial charge in [0, 0.05) is 32.7 Å². The zero-order valence-electron chi connectivity index (χ0n) is 9.65. The second kappa shape index (κ2) is 6.51. The fourth-order valence-corrected chi connectivity index (χ4v) is 2.76. The van der Waals surface area contributed by atoms with Gasteiger partial charge in [0.15, 0.2) is 0 Å². The Hall–Kier alpha value is -0.210. The summed E-state index contributed by atoms with van der Waals surface area (Å²) >= 11 is 0. The van der Waals surface area contributed by atoms with Gasteiger partial charge in [-0.05, 0) is 12.8 Å². The van der Waals surface area contributed by atoms with Crippen LogP contribution in [0.3, 0.4) is 0 Å². The Morgan fingerprint density at radius 3 is 2.62 bits per heavy atom. The zero-order valence-corrected chi connectivity index (χ0v) is 10.5. The highest BCUT2D eigenvalue weighted by Gasteiger charge is 2.22. The number of hydrogen-bond acceptors (Lipinski definition) is 4. The summed E-state index contributed by atoms with van der Waals surface area (Å²) in [6.45, 7) is 4.56. The molecule has 1 rings (SSSR count). The third kappa shape index (κ3) is 4.34. The second-order valence-corrected chi connectivity index (χ2v) is 5.65. The monoisotopic (exact) mass is 251 g/mol. The van der Waals surface area contributed by atoms with E-state index in [4.69, 9.17) is 0 Å². The highest BCUT2D eigenvalue weighted by molar-refractivity contribution is 7.87. The minimum atomic E-state index is -3.36. The molecule has 1 aliphatic rings. The highest BCUT2D eigenvalue weighted by atomic mass is 32.2. The van der Waals surface area contributed by atoms with E-state index in [-0.39, 0.29) is 0 Å². The van der Waals surface area contributed by atoms with Gasteiger partial charge in [-0.15, -0.1) is 0 Å². The van der Waals surface area contributed by atoms with Crippen LogP contribution in [0.2, 0.25) is 0 Å². The van der Waals surface area contributed by atoms with Gasteiger partial charge in [0.1, 0.15) is 0 Å². The lowest BCUT2D eigenvalue weighted by atomic mass is 10.2. The predicted octanol–water partition coefficient (Wildman–Crippen LogP) is -1.11. The van der Waals surface area contributed by atoms with Gasteiger partial charge in [-0.1, -0.05) is 6.92 Å². The van der Waals surface area contributed by atoms with Gasteiger partial charge in [0.05, 0.1) is 6.10 Å². The topological polar surface area (TPSA) is 81.7 Å². The molecule has 0 bridgehead atoms. The molecular weight excluding hydrogens is 230 g/mol. The molecule has 1 saturated heterocycles. The summed E-state index contributed by atoms with van der Waals surface area (Å²) in [4.78, 5) is 0. The van der Waals surface area contributed by atoms with Gasteiger partial charge in [0.25, 0.3) is 10.2 Å². The first kappa shape index (κ1) is 13.9. The van der Waals surface area contributed by atoms with Crippen LogP contribution < -0.4 is 10.0 Å². The second-order valence-electron chi connectivity index (χ2n) is 3.90. The summed E-state index contributed by atoms with van der Waals surface area (Å²) in [5.74, 6) is 0. The normalized spacial score (nSPS) is 20.9. The third-order valence-corrected chi connectivity index (χ3v) is 4.26. The van der Waals surface area contributed by atoms with Crippen molar-refractivity contribution < 1.29 is 13.5 Å². The molecule has 0 amide bonds. The molecule has 0 spiro atoms. The first-order valence-electron chi connectivity index (χ1n) is 5.69. The van der Waals surface area contributed by atoms with Gasteiger partial charge in [0.2, 0.25) is 0 Å². The van der Waals surface area contributed by atoms with Crippen molar-refractivity contribution in [3.8, 4) is 0 Å². The van der Waals surface area contributed by atoms with Gasteiger partial charge in [-0.2, -0.15) is 12.7 Å². The van der Waals surface area contributed by atoms with Crippen molar-refractivity contribution >= 4 is 10.2 Å². The van der Waals surface area contributed by atoms with Crippen LogP contribution >= 0.6 is 0 Å². The molecule has 0 radical (unpaired) electrons. The van der Waals surface area contributed by atoms with E-state index in [1.165, 1.54) is 4.31 Å². The highest BCUT2D eigenvalue weighted by Crippen LogP contribution is 2.01. The molecule has 0 aliphatic carbocycles. The van der Waals surface area contributed by atoms with E-state index in [1.54, 1.807) is 0 Å². The van der Waals surface area contributed by atoms with Crippen LogP contribution in [0.25, 0.3) is 0 Å². The lowest BCUT2D eigenvalue weighted by molar-refractivity contribution is 0.161. The average molecular weight is 251 g/mol. The zero-order chi connectivity index (χ0) is 12.0. The smallest absolute Gasteiger partial charge is 0.279 e. The molecule has 7 heteroatoms. The number of aliphatic hydroxyl groups is 1. The quantitative estimate of drug-likeness (QED) is 0.559. The van der Waals surface area contributed by atoms with E-state index < -0.39 is 16.3 Å². The van der Waals surface area contributed by atoms with E-state index in [9.17, 15) is 13.5 Å². The van der Waals surface area contributed by atoms with Gasteiger partial charge in [-0.25, -0.2) is 4.72 Å². The van der Waals surface area contributed by atoms with Crippen LogP contribution in [0.15, 0.2) is 0 Å². The SMILES string of the molecule is CCC(O)CCNS(=O)(=O)N1CCNCC1. The fraction of sp³-hybridized carbons (Fsp3) is 1.00. The molecule has 0 aromatic rings. The molecule has 16 heavy (non-hydrogen) atoms. The summed E-state index contributed by atoms with van der Waals surface area (Å²) < 4.78 is 27.5. The maximum Gasteiger partial charge on any atom is 0.279 e. The number of aliphatic hydroxyl groups excluding tert-OH is 1. The Bertz CT molecular complexity index is 288. The molecule has 0 saturated carbocycles. The van der Waals surface area contributed by atoms with Crippen molar-refractivity contribution in [1.29, 1.82) is 0 Å². The summed E-state index contributed by atoms with van der Waals surface area (Å²) in [7, 11) is -3.36. The maximum absolute atomic E-state index is 11.8. The average Bonchev–Trinajstić information content (AvgIpc) is 2.30. The predicted molar refractivity (Wildman–Crippen MR) is 62.3 cm³/mol. The lowest BCUT2D eigenvalue weighted by Crippen LogP contribution is -2.50. The standard InChI is InChI=1S/C9H21N3O3S/c1-2-9(13)3-4-11-16(14,15)12-7-5-10-6-8-12/h9-11,13H,2-8H2,1H3. The van der Waals surface area contributed by atoms with Gasteiger partial charge < -0.3 is 10.4 Å². The molecular formula is C9H21N3O3S. The van der Waals surface area contributed by atoms with Crippen molar-refractivity contribution in [3.63, 3.8) is 0 Å². The van der Waals surface area contributed by atoms with E-state index in [0.29, 0.717) is 45.6 Å². The Morgan fingerprint density at radius 2 is 2.06 bits per heavy atom. The minimum absolute atomic E-state index is 0.293. The van der Waals surface area contributed by atoms with Crippen molar-refractivity contribution in [2.24, 2.45) is 0 Å². The first-order valence-corrected chi connectivity index (χ1v) is 7.14. The molecule has 0 aromatic heterocycles. The van der Waals surface area contributed by atoms with Crippen LogP contribution in [-0.4, -0.2) is 56.7 Å². The molecule has 1 fully saturated rings. The van der Waals surface area contributed by atoms with Gasteiger partial charge in [-0.3, -0.25) is 0 Å². The molecule has 3 N–H and O–H groups in total. The summed E-state index contributed by atoms with van der Waals surface area (Å²) in [5, 5.41) is 12.4. The molecule has 1 aliphatic heterocycles. The lowest BCUT2D eigenvalue weighted by Gasteiger charge is -2.26. The number of piperazine rings is 1. The van der Waals surface area contributed by atoms with E-state index >= 15 is 0 Å². The molecule has 1 unspecified atom stereocenters. The van der Waals surface area contributed by atoms with Crippen LogP contribution in [-0.2, 0) is 10.2 Å². The summed E-state index contributed by atoms with van der Waals surface area (Å²) in [6, 6.07) is 0. The molecule has 1 heterocycles. The van der Waals surface area contributed by atoms with Crippen LogP contribution in [0.4, 0.5) is 0 Å². The Morgan fingerprint density at radius 1 is 1.44 bits per heavy atom. The first-order chi connectivity index (χ1) is 7.56. The number of nitrogens with one attached hydrogen (secondary N) is 2. The van der Waals surface area contributed by atoms with Crippen molar-refractivity contribution in [1.82, 2.24) is 14.3 Å². The van der Waals surface area contributed by atoms with Crippen molar-refractivity contribution in [3.05, 3.63) is 0 Å². The third-order valence-electron chi connectivity index (χ3n) is 2.65. The number of rotatable bonds is 6. The van der Waals surface area contributed by atoms with E-state index in [1.807, 2.05) is 6.92 Å². The Kier molecular flexibility index (Phi) is 5.63. The van der Waals surface area contributed by atoms with Crippen LogP contribution in [0.5, 0.6) is 0 Å². The van der Waals surface area contributed by atoms with Crippen molar-refractivity contribution in [2.45, 2.75) is 25.9 Å². The van der Waals surface area contributed by atoms with Crippen LogP contribution in [0, 0.1) is 0 Å². The van der Waals surface area contributed by atoms with Gasteiger partial charge >= 0.3 is 0 Å². The Labute approximate surface area is 97.2 Å². The van der Waals surface area contributed by atoms with Crippen LogP contribution in [0.1, 0.15) is 19.8 Å². The summed E-state index contributed by atoms with van der Waals surface area (Å²) in [5.41, 5.74) is 0. The molecule has 6 nitrogen and oxygen atoms in total. The Balaban J connectivity index is 2.33. The molecule has 0 aromatic carbocycles. The largest absolute Gasteiger partial charge is 0.393 e. The van der Waals surface area contributed by atoms with E-state index in [2.05, 4.69) is 10.0 Å². The maximum atomic E-state index is 11.8. The number of nitrogens with zero attached hydrogens (tertiary/aromatic N) is 1. The number of hydrogen-bond donors (Lipinski definition) is 3. The minimum Gasteiger partial charge on any atom is -0.393 e. The van der Waals surface area contributed by atoms with Crippen molar-refractivity contribution in [2.75, 3.05) is 32.7 Å². The molecule has 96 valence electrons. The summed E-state index contributed by atoms with van der Waals surface area (Å²) in [6.07, 6.45) is 0.683. The van der Waals surface area contributed by atoms with E-state index in [0.717, 1.165) is 0 Å².